The van der Waals surface area contributed by atoms with Crippen molar-refractivity contribution < 1.29 is 19.4 Å². The highest BCUT2D eigenvalue weighted by atomic mass is 16.5. The van der Waals surface area contributed by atoms with E-state index in [9.17, 15) is 4.79 Å². The largest absolute Gasteiger partial charge is 0.493 e. The summed E-state index contributed by atoms with van der Waals surface area (Å²) in [5, 5.41) is 9.07. The molecule has 102 valence electrons. The maximum atomic E-state index is 11.1. The summed E-state index contributed by atoms with van der Waals surface area (Å²) in [6, 6.07) is 8.22. The predicted molar refractivity (Wildman–Crippen MR) is 68.2 cm³/mol. The Labute approximate surface area is 111 Å². The van der Waals surface area contributed by atoms with E-state index in [0.717, 1.165) is 24.3 Å². The monoisotopic (exact) mass is 263 g/mol. The number of benzene rings is 1. The minimum atomic E-state index is -0.884. The van der Waals surface area contributed by atoms with Crippen LogP contribution < -0.4 is 4.74 Å². The maximum Gasteiger partial charge on any atom is 0.334 e. The van der Waals surface area contributed by atoms with Crippen LogP contribution in [-0.2, 0) is 9.53 Å². The molecule has 0 radical (unpaired) electrons. The van der Waals surface area contributed by atoms with Gasteiger partial charge in [0.2, 0.25) is 0 Å². The van der Waals surface area contributed by atoms with Crippen LogP contribution in [-0.4, -0.2) is 48.4 Å². The third kappa shape index (κ3) is 2.43. The highest BCUT2D eigenvalue weighted by Crippen LogP contribution is 2.36. The van der Waals surface area contributed by atoms with Crippen molar-refractivity contribution in [3.8, 4) is 5.75 Å². The van der Waals surface area contributed by atoms with Crippen molar-refractivity contribution in [1.82, 2.24) is 4.90 Å². The van der Waals surface area contributed by atoms with Gasteiger partial charge >= 0.3 is 5.97 Å². The van der Waals surface area contributed by atoms with Gasteiger partial charge in [0.15, 0.2) is 6.10 Å². The van der Waals surface area contributed by atoms with Gasteiger partial charge in [-0.15, -0.1) is 0 Å². The molecule has 1 aromatic rings. The number of hydrogen-bond acceptors (Lipinski definition) is 4. The van der Waals surface area contributed by atoms with Gasteiger partial charge in [-0.1, -0.05) is 18.2 Å². The molecule has 0 amide bonds. The molecule has 2 aliphatic heterocycles. The van der Waals surface area contributed by atoms with Gasteiger partial charge in [0.1, 0.15) is 5.75 Å². The first-order chi connectivity index (χ1) is 9.25. The van der Waals surface area contributed by atoms with Crippen molar-refractivity contribution in [2.75, 3.05) is 26.3 Å². The first-order valence-corrected chi connectivity index (χ1v) is 6.56. The second kappa shape index (κ2) is 5.19. The molecule has 0 aromatic heterocycles. The number of carbonyl (C=O) groups is 1. The van der Waals surface area contributed by atoms with Crippen LogP contribution in [0.4, 0.5) is 0 Å². The van der Waals surface area contributed by atoms with Gasteiger partial charge in [-0.05, 0) is 6.07 Å². The molecular weight excluding hydrogens is 246 g/mol. The first kappa shape index (κ1) is 12.4. The molecule has 5 heteroatoms. The number of fused-ring (bicyclic) bond motifs is 1. The van der Waals surface area contributed by atoms with Crippen molar-refractivity contribution in [2.24, 2.45) is 0 Å². The molecule has 1 aromatic carbocycles. The molecule has 5 nitrogen and oxygen atoms in total. The Morgan fingerprint density at radius 1 is 1.32 bits per heavy atom. The molecule has 2 atom stereocenters. The fourth-order valence-corrected chi connectivity index (χ4v) is 2.80. The summed E-state index contributed by atoms with van der Waals surface area (Å²) in [7, 11) is 0. The van der Waals surface area contributed by atoms with Gasteiger partial charge in [0.05, 0.1) is 13.2 Å². The molecule has 2 aliphatic rings. The van der Waals surface area contributed by atoms with Gasteiger partial charge in [-0.2, -0.15) is 0 Å². The van der Waals surface area contributed by atoms with Crippen molar-refractivity contribution in [3.63, 3.8) is 0 Å². The molecule has 3 rings (SSSR count). The lowest BCUT2D eigenvalue weighted by atomic mass is 9.98. The van der Waals surface area contributed by atoms with Gasteiger partial charge in [0, 0.05) is 31.1 Å². The fraction of sp³-hybridized carbons (Fsp3) is 0.500. The number of carboxylic acid groups (broad SMARTS) is 1. The summed E-state index contributed by atoms with van der Waals surface area (Å²) in [6.07, 6.45) is 0.173. The lowest BCUT2D eigenvalue weighted by Crippen LogP contribution is -2.48. The molecule has 2 unspecified atom stereocenters. The van der Waals surface area contributed by atoms with Gasteiger partial charge < -0.3 is 14.6 Å². The lowest BCUT2D eigenvalue weighted by molar-refractivity contribution is -0.157. The number of aliphatic carboxylic acids is 1. The number of hydrogen-bond donors (Lipinski definition) is 1. The van der Waals surface area contributed by atoms with E-state index in [4.69, 9.17) is 14.6 Å². The quantitative estimate of drug-likeness (QED) is 0.871. The summed E-state index contributed by atoms with van der Waals surface area (Å²) in [6.45, 7) is 2.35. The Balaban J connectivity index is 1.81. The molecular formula is C14H17NO4. The molecule has 19 heavy (non-hydrogen) atoms. The standard InChI is InChI=1S/C14H17NO4/c16-14(17)13-9-15(6-8-19-13)11-5-7-18-12-4-2-1-3-10(11)12/h1-4,11,13H,5-9H2,(H,16,17). The van der Waals surface area contributed by atoms with Crippen molar-refractivity contribution in [2.45, 2.75) is 18.6 Å². The number of ether oxygens (including phenoxy) is 2. The maximum absolute atomic E-state index is 11.1. The average Bonchev–Trinajstić information content (AvgIpc) is 2.47. The summed E-state index contributed by atoms with van der Waals surface area (Å²) in [4.78, 5) is 13.2. The smallest absolute Gasteiger partial charge is 0.334 e. The molecule has 0 aliphatic carbocycles. The summed E-state index contributed by atoms with van der Waals surface area (Å²) >= 11 is 0. The fourth-order valence-electron chi connectivity index (χ4n) is 2.80. The van der Waals surface area contributed by atoms with E-state index in [-0.39, 0.29) is 6.04 Å². The van der Waals surface area contributed by atoms with E-state index in [0.29, 0.717) is 19.8 Å². The van der Waals surface area contributed by atoms with Crippen molar-refractivity contribution in [1.29, 1.82) is 0 Å². The minimum Gasteiger partial charge on any atom is -0.493 e. The Hall–Kier alpha value is -1.59. The zero-order valence-electron chi connectivity index (χ0n) is 10.6. The number of carboxylic acids is 1. The van der Waals surface area contributed by atoms with Crippen LogP contribution in [0.25, 0.3) is 0 Å². The summed E-state index contributed by atoms with van der Waals surface area (Å²) in [5.41, 5.74) is 1.15. The van der Waals surface area contributed by atoms with Crippen LogP contribution in [0.5, 0.6) is 5.75 Å². The number of nitrogens with zero attached hydrogens (tertiary/aromatic N) is 1. The van der Waals surface area contributed by atoms with Crippen LogP contribution in [0.1, 0.15) is 18.0 Å². The molecule has 1 N–H and O–H groups in total. The average molecular weight is 263 g/mol. The van der Waals surface area contributed by atoms with Crippen molar-refractivity contribution in [3.05, 3.63) is 29.8 Å². The second-order valence-corrected chi connectivity index (χ2v) is 4.88. The third-order valence-corrected chi connectivity index (χ3v) is 3.74. The Morgan fingerprint density at radius 3 is 3.00 bits per heavy atom. The Bertz CT molecular complexity index is 476. The topological polar surface area (TPSA) is 59.0 Å². The van der Waals surface area contributed by atoms with Crippen LogP contribution >= 0.6 is 0 Å². The highest BCUT2D eigenvalue weighted by molar-refractivity contribution is 5.72. The van der Waals surface area contributed by atoms with E-state index in [2.05, 4.69) is 11.0 Å². The van der Waals surface area contributed by atoms with Crippen LogP contribution in [0, 0.1) is 0 Å². The zero-order valence-corrected chi connectivity index (χ0v) is 10.6. The normalized spacial score (nSPS) is 27.4. The highest BCUT2D eigenvalue weighted by Gasteiger charge is 2.33. The molecule has 2 heterocycles. The number of rotatable bonds is 2. The summed E-state index contributed by atoms with van der Waals surface area (Å²) in [5.74, 6) is 0.0298. The van der Waals surface area contributed by atoms with Gasteiger partial charge in [-0.3, -0.25) is 4.90 Å². The van der Waals surface area contributed by atoms with E-state index in [1.807, 2.05) is 18.2 Å². The van der Waals surface area contributed by atoms with E-state index in [1.165, 1.54) is 0 Å². The second-order valence-electron chi connectivity index (χ2n) is 4.88. The Morgan fingerprint density at radius 2 is 2.16 bits per heavy atom. The molecule has 1 fully saturated rings. The predicted octanol–water partition coefficient (Wildman–Crippen LogP) is 1.30. The molecule has 0 saturated carbocycles. The van der Waals surface area contributed by atoms with Crippen molar-refractivity contribution >= 4 is 5.97 Å². The molecule has 1 saturated heterocycles. The lowest BCUT2D eigenvalue weighted by Gasteiger charge is -2.39. The van der Waals surface area contributed by atoms with Crippen LogP contribution in [0.3, 0.4) is 0 Å². The number of para-hydroxylation sites is 1. The zero-order chi connectivity index (χ0) is 13.2. The van der Waals surface area contributed by atoms with E-state index < -0.39 is 12.1 Å². The number of morpholine rings is 1. The Kier molecular flexibility index (Phi) is 3.40. The van der Waals surface area contributed by atoms with E-state index >= 15 is 0 Å². The summed E-state index contributed by atoms with van der Waals surface area (Å²) < 4.78 is 10.9. The third-order valence-electron chi connectivity index (χ3n) is 3.74. The molecule has 0 spiro atoms. The van der Waals surface area contributed by atoms with Gasteiger partial charge in [-0.25, -0.2) is 4.79 Å². The van der Waals surface area contributed by atoms with Crippen LogP contribution in [0.2, 0.25) is 0 Å². The molecule has 0 bridgehead atoms. The minimum absolute atomic E-state index is 0.232. The van der Waals surface area contributed by atoms with E-state index in [1.54, 1.807) is 0 Å². The SMILES string of the molecule is O=C(O)C1CN(C2CCOc3ccccc32)CCO1. The van der Waals surface area contributed by atoms with Gasteiger partial charge in [0.25, 0.3) is 0 Å². The van der Waals surface area contributed by atoms with Crippen LogP contribution in [0.15, 0.2) is 24.3 Å². The first-order valence-electron chi connectivity index (χ1n) is 6.56.